The van der Waals surface area contributed by atoms with E-state index >= 15 is 0 Å². The van der Waals surface area contributed by atoms with E-state index in [0.717, 1.165) is 30.0 Å². The molecule has 25 heavy (non-hydrogen) atoms. The van der Waals surface area contributed by atoms with Crippen molar-refractivity contribution in [2.75, 3.05) is 6.54 Å². The second-order valence-corrected chi connectivity index (χ2v) is 6.37. The minimum Gasteiger partial charge on any atom is -0.332 e. The number of carbonyl (C=O) groups is 1. The molecular formula is C19H19FN2O3. The summed E-state index contributed by atoms with van der Waals surface area (Å²) in [5, 5.41) is 11.1. The van der Waals surface area contributed by atoms with Gasteiger partial charge in [0.05, 0.1) is 16.5 Å². The van der Waals surface area contributed by atoms with Crippen molar-refractivity contribution in [3.63, 3.8) is 0 Å². The summed E-state index contributed by atoms with van der Waals surface area (Å²) < 4.78 is 14.1. The van der Waals surface area contributed by atoms with Crippen molar-refractivity contribution in [3.05, 3.63) is 74.6 Å². The van der Waals surface area contributed by atoms with E-state index in [-0.39, 0.29) is 28.8 Å². The van der Waals surface area contributed by atoms with Crippen LogP contribution in [0.1, 0.15) is 45.9 Å². The zero-order chi connectivity index (χ0) is 18.1. The van der Waals surface area contributed by atoms with E-state index in [2.05, 4.69) is 0 Å². The van der Waals surface area contributed by atoms with Crippen LogP contribution in [0.2, 0.25) is 0 Å². The van der Waals surface area contributed by atoms with Gasteiger partial charge in [0.15, 0.2) is 0 Å². The molecule has 0 radical (unpaired) electrons. The third-order valence-electron chi connectivity index (χ3n) is 4.82. The van der Waals surface area contributed by atoms with E-state index in [9.17, 15) is 19.3 Å². The Balaban J connectivity index is 1.98. The Morgan fingerprint density at radius 1 is 1.28 bits per heavy atom. The lowest BCUT2D eigenvalue weighted by molar-refractivity contribution is -0.385. The standard InChI is InChI=1S/C19H19FN2O3/c1-12-6-3-4-7-15(12)17-8-5-9-21(17)19(23)14-10-16(20)13(2)18(11-14)22(24)25/h3-4,6-7,10-11,17H,5,8-9H2,1-2H3. The number of hydrogen-bond donors (Lipinski definition) is 0. The summed E-state index contributed by atoms with van der Waals surface area (Å²) in [6.07, 6.45) is 1.67. The van der Waals surface area contributed by atoms with Gasteiger partial charge in [-0.2, -0.15) is 0 Å². The van der Waals surface area contributed by atoms with Gasteiger partial charge in [0.1, 0.15) is 5.82 Å². The molecule has 1 atom stereocenters. The summed E-state index contributed by atoms with van der Waals surface area (Å²) in [7, 11) is 0. The van der Waals surface area contributed by atoms with Gasteiger partial charge in [-0.1, -0.05) is 24.3 Å². The Morgan fingerprint density at radius 3 is 2.68 bits per heavy atom. The molecule has 1 amide bonds. The quantitative estimate of drug-likeness (QED) is 0.616. The lowest BCUT2D eigenvalue weighted by atomic mass is 9.99. The number of carbonyl (C=O) groups excluding carboxylic acids is 1. The summed E-state index contributed by atoms with van der Waals surface area (Å²) in [6, 6.07) is 10.0. The van der Waals surface area contributed by atoms with Gasteiger partial charge in [-0.3, -0.25) is 14.9 Å². The van der Waals surface area contributed by atoms with Crippen LogP contribution in [0, 0.1) is 29.8 Å². The summed E-state index contributed by atoms with van der Waals surface area (Å²) in [4.78, 5) is 25.1. The van der Waals surface area contributed by atoms with Crippen LogP contribution in [0.4, 0.5) is 10.1 Å². The van der Waals surface area contributed by atoms with Crippen LogP contribution in [0.5, 0.6) is 0 Å². The largest absolute Gasteiger partial charge is 0.332 e. The first-order chi connectivity index (χ1) is 11.9. The van der Waals surface area contributed by atoms with E-state index in [1.54, 1.807) is 4.90 Å². The third kappa shape index (κ3) is 3.12. The highest BCUT2D eigenvalue weighted by atomic mass is 19.1. The molecule has 0 aromatic heterocycles. The Labute approximate surface area is 145 Å². The number of halogens is 1. The molecule has 0 N–H and O–H groups in total. The molecule has 0 spiro atoms. The van der Waals surface area contributed by atoms with Crippen molar-refractivity contribution in [2.45, 2.75) is 32.7 Å². The van der Waals surface area contributed by atoms with Crippen molar-refractivity contribution in [1.82, 2.24) is 4.90 Å². The van der Waals surface area contributed by atoms with Crippen molar-refractivity contribution in [3.8, 4) is 0 Å². The summed E-state index contributed by atoms with van der Waals surface area (Å²) in [5.74, 6) is -1.10. The number of benzene rings is 2. The van der Waals surface area contributed by atoms with Crippen LogP contribution in [-0.2, 0) is 0 Å². The van der Waals surface area contributed by atoms with Crippen molar-refractivity contribution in [2.24, 2.45) is 0 Å². The fourth-order valence-corrected chi connectivity index (χ4v) is 3.44. The molecule has 0 bridgehead atoms. The molecule has 0 aliphatic carbocycles. The Bertz CT molecular complexity index is 851. The van der Waals surface area contributed by atoms with E-state index in [0.29, 0.717) is 6.54 Å². The number of aryl methyl sites for hydroxylation is 1. The number of nitrogens with zero attached hydrogens (tertiary/aromatic N) is 2. The van der Waals surface area contributed by atoms with E-state index in [1.807, 2.05) is 31.2 Å². The van der Waals surface area contributed by atoms with Crippen LogP contribution in [0.25, 0.3) is 0 Å². The predicted octanol–water partition coefficient (Wildman–Crippen LogP) is 4.33. The zero-order valence-corrected chi connectivity index (χ0v) is 14.2. The van der Waals surface area contributed by atoms with Gasteiger partial charge in [-0.25, -0.2) is 4.39 Å². The van der Waals surface area contributed by atoms with Crippen molar-refractivity contribution in [1.29, 1.82) is 0 Å². The van der Waals surface area contributed by atoms with Crippen LogP contribution in [-0.4, -0.2) is 22.3 Å². The van der Waals surface area contributed by atoms with Gasteiger partial charge in [0.25, 0.3) is 11.6 Å². The number of nitro benzene ring substituents is 1. The molecule has 130 valence electrons. The molecule has 1 fully saturated rings. The highest BCUT2D eigenvalue weighted by Gasteiger charge is 2.32. The minimum absolute atomic E-state index is 0.0234. The second kappa shape index (κ2) is 6.63. The first-order valence-corrected chi connectivity index (χ1v) is 8.21. The number of amides is 1. The topological polar surface area (TPSA) is 63.5 Å². The normalized spacial score (nSPS) is 16.9. The van der Waals surface area contributed by atoms with Crippen LogP contribution < -0.4 is 0 Å². The number of hydrogen-bond acceptors (Lipinski definition) is 3. The summed E-state index contributed by atoms with van der Waals surface area (Å²) >= 11 is 0. The van der Waals surface area contributed by atoms with Crippen LogP contribution >= 0.6 is 0 Å². The third-order valence-corrected chi connectivity index (χ3v) is 4.82. The van der Waals surface area contributed by atoms with Gasteiger partial charge in [-0.05, 0) is 43.9 Å². The fourth-order valence-electron chi connectivity index (χ4n) is 3.44. The van der Waals surface area contributed by atoms with Crippen molar-refractivity contribution < 1.29 is 14.1 Å². The molecule has 6 heteroatoms. The second-order valence-electron chi connectivity index (χ2n) is 6.37. The smallest absolute Gasteiger partial charge is 0.276 e. The molecule has 1 aliphatic heterocycles. The summed E-state index contributed by atoms with van der Waals surface area (Å²) in [6.45, 7) is 3.89. The number of nitro groups is 1. The molecule has 2 aromatic carbocycles. The molecular weight excluding hydrogens is 323 g/mol. The molecule has 1 aliphatic rings. The monoisotopic (exact) mass is 342 g/mol. The van der Waals surface area contributed by atoms with E-state index in [1.165, 1.54) is 13.0 Å². The molecule has 5 nitrogen and oxygen atoms in total. The number of likely N-dealkylation sites (tertiary alicyclic amines) is 1. The molecule has 2 aromatic rings. The highest BCUT2D eigenvalue weighted by molar-refractivity contribution is 5.95. The van der Waals surface area contributed by atoms with Crippen LogP contribution in [0.15, 0.2) is 36.4 Å². The van der Waals surface area contributed by atoms with Gasteiger partial charge < -0.3 is 4.90 Å². The average molecular weight is 342 g/mol. The van der Waals surface area contributed by atoms with Gasteiger partial charge in [0, 0.05) is 18.2 Å². The fraction of sp³-hybridized carbons (Fsp3) is 0.316. The Hall–Kier alpha value is -2.76. The first kappa shape index (κ1) is 17.1. The SMILES string of the molecule is Cc1ccccc1C1CCCN1C(=O)c1cc(F)c(C)c([N+](=O)[O-])c1. The lowest BCUT2D eigenvalue weighted by Crippen LogP contribution is -2.31. The first-order valence-electron chi connectivity index (χ1n) is 8.21. The maximum atomic E-state index is 14.1. The Morgan fingerprint density at radius 2 is 2.00 bits per heavy atom. The van der Waals surface area contributed by atoms with E-state index in [4.69, 9.17) is 0 Å². The molecule has 0 saturated carbocycles. The highest BCUT2D eigenvalue weighted by Crippen LogP contribution is 2.35. The van der Waals surface area contributed by atoms with Crippen LogP contribution in [0.3, 0.4) is 0 Å². The van der Waals surface area contributed by atoms with Gasteiger partial charge in [-0.15, -0.1) is 0 Å². The maximum Gasteiger partial charge on any atom is 0.276 e. The predicted molar refractivity (Wildman–Crippen MR) is 92.0 cm³/mol. The number of rotatable bonds is 3. The Kier molecular flexibility index (Phi) is 4.53. The molecule has 3 rings (SSSR count). The molecule has 1 unspecified atom stereocenters. The zero-order valence-electron chi connectivity index (χ0n) is 14.2. The molecule has 1 saturated heterocycles. The van der Waals surface area contributed by atoms with Crippen molar-refractivity contribution >= 4 is 11.6 Å². The van der Waals surface area contributed by atoms with E-state index < -0.39 is 10.7 Å². The average Bonchev–Trinajstić information content (AvgIpc) is 3.06. The summed E-state index contributed by atoms with van der Waals surface area (Å²) in [5.41, 5.74) is 1.76. The van der Waals surface area contributed by atoms with Gasteiger partial charge in [0.2, 0.25) is 0 Å². The maximum absolute atomic E-state index is 14.1. The lowest BCUT2D eigenvalue weighted by Gasteiger charge is -2.26. The minimum atomic E-state index is -0.732. The molecule has 1 heterocycles. The van der Waals surface area contributed by atoms with Gasteiger partial charge >= 0.3 is 0 Å².